The van der Waals surface area contributed by atoms with Gasteiger partial charge in [-0.25, -0.2) is 9.18 Å². The topological polar surface area (TPSA) is 85.2 Å². The lowest BCUT2D eigenvalue weighted by molar-refractivity contribution is 0.200. The van der Waals surface area contributed by atoms with Gasteiger partial charge in [0.1, 0.15) is 11.5 Å². The Balaban J connectivity index is 1.38. The molecule has 1 aliphatic heterocycles. The van der Waals surface area contributed by atoms with Gasteiger partial charge in [0, 0.05) is 47.7 Å². The Hall–Kier alpha value is -4.51. The maximum Gasteiger partial charge on any atom is 0.321 e. The van der Waals surface area contributed by atoms with Crippen LogP contribution in [0.25, 0.3) is 22.0 Å². The summed E-state index contributed by atoms with van der Waals surface area (Å²) in [5, 5.41) is 23.0. The Labute approximate surface area is 202 Å². The summed E-state index contributed by atoms with van der Waals surface area (Å²) in [6.45, 7) is 3.69. The second kappa shape index (κ2) is 9.39. The van der Waals surface area contributed by atoms with Crippen molar-refractivity contribution < 1.29 is 9.18 Å². The molecular formula is C27H23FN6O. The minimum atomic E-state index is -0.344. The summed E-state index contributed by atoms with van der Waals surface area (Å²) in [5.41, 5.74) is 2.81. The number of hydrogen-bond donors (Lipinski definition) is 1. The first-order valence-corrected chi connectivity index (χ1v) is 11.4. The van der Waals surface area contributed by atoms with Crippen LogP contribution >= 0.6 is 0 Å². The molecule has 4 aromatic rings. The molecule has 174 valence electrons. The zero-order valence-electron chi connectivity index (χ0n) is 19.1. The van der Waals surface area contributed by atoms with Gasteiger partial charge >= 0.3 is 6.03 Å². The van der Waals surface area contributed by atoms with Crippen molar-refractivity contribution in [1.29, 1.82) is 5.26 Å². The molecule has 35 heavy (non-hydrogen) atoms. The van der Waals surface area contributed by atoms with Gasteiger partial charge in [0.25, 0.3) is 0 Å². The minimum absolute atomic E-state index is 0.0150. The Morgan fingerprint density at radius 1 is 1.00 bits per heavy atom. The summed E-state index contributed by atoms with van der Waals surface area (Å²) in [6.07, 6.45) is 0. The summed E-state index contributed by atoms with van der Waals surface area (Å²) in [4.78, 5) is 16.7. The van der Waals surface area contributed by atoms with Crippen molar-refractivity contribution >= 4 is 28.3 Å². The normalized spacial score (nSPS) is 15.6. The van der Waals surface area contributed by atoms with Gasteiger partial charge in [-0.3, -0.25) is 0 Å². The molecule has 8 heteroatoms. The third-order valence-corrected chi connectivity index (χ3v) is 6.24. The van der Waals surface area contributed by atoms with Crippen molar-refractivity contribution in [2.24, 2.45) is 0 Å². The van der Waals surface area contributed by atoms with E-state index in [1.807, 2.05) is 36.4 Å². The van der Waals surface area contributed by atoms with Crippen molar-refractivity contribution in [1.82, 2.24) is 15.1 Å². The molecule has 0 aliphatic carbocycles. The highest BCUT2D eigenvalue weighted by molar-refractivity contribution is 6.00. The molecule has 1 N–H and O–H groups in total. The van der Waals surface area contributed by atoms with E-state index in [0.717, 1.165) is 27.8 Å². The lowest BCUT2D eigenvalue weighted by Gasteiger charge is -2.40. The number of amides is 2. The van der Waals surface area contributed by atoms with Crippen LogP contribution in [-0.4, -0.2) is 46.8 Å². The summed E-state index contributed by atoms with van der Waals surface area (Å²) in [7, 11) is 0. The van der Waals surface area contributed by atoms with Crippen molar-refractivity contribution in [2.45, 2.75) is 13.0 Å². The third kappa shape index (κ3) is 4.49. The summed E-state index contributed by atoms with van der Waals surface area (Å²) in [6, 6.07) is 23.0. The van der Waals surface area contributed by atoms with E-state index < -0.39 is 0 Å². The van der Waals surface area contributed by atoms with Crippen LogP contribution < -0.4 is 10.2 Å². The van der Waals surface area contributed by atoms with Gasteiger partial charge in [-0.1, -0.05) is 36.4 Å². The maximum absolute atomic E-state index is 13.1. The van der Waals surface area contributed by atoms with Crippen LogP contribution in [0.15, 0.2) is 72.8 Å². The number of aromatic nitrogens is 2. The van der Waals surface area contributed by atoms with Gasteiger partial charge in [0.15, 0.2) is 5.82 Å². The number of nitriles is 1. The Morgan fingerprint density at radius 3 is 2.40 bits per heavy atom. The number of anilines is 2. The van der Waals surface area contributed by atoms with Crippen LogP contribution in [-0.2, 0) is 0 Å². The van der Waals surface area contributed by atoms with Gasteiger partial charge in [-0.05, 0) is 43.3 Å². The van der Waals surface area contributed by atoms with E-state index >= 15 is 0 Å². The highest BCUT2D eigenvalue weighted by Crippen LogP contribution is 2.33. The maximum atomic E-state index is 13.1. The van der Waals surface area contributed by atoms with Gasteiger partial charge < -0.3 is 15.1 Å². The average Bonchev–Trinajstić information content (AvgIpc) is 2.89. The fraction of sp³-hybridized carbons (Fsp3) is 0.185. The lowest BCUT2D eigenvalue weighted by atomic mass is 10.0. The van der Waals surface area contributed by atoms with Gasteiger partial charge in [-0.2, -0.15) is 5.26 Å². The lowest BCUT2D eigenvalue weighted by Crippen LogP contribution is -2.55. The molecule has 1 saturated heterocycles. The minimum Gasteiger partial charge on any atom is -0.348 e. The SMILES string of the molecule is CC1CN(C(=O)Nc2ccc(F)cc2)CCN1c1nnc(-c2ccc(C#N)cc2)c2ccccc12. The number of nitrogens with one attached hydrogen (secondary N) is 1. The second-order valence-corrected chi connectivity index (χ2v) is 8.53. The number of fused-ring (bicyclic) bond motifs is 1. The molecule has 0 bridgehead atoms. The highest BCUT2D eigenvalue weighted by Gasteiger charge is 2.29. The van der Waals surface area contributed by atoms with E-state index in [0.29, 0.717) is 30.9 Å². The molecule has 1 unspecified atom stereocenters. The Kier molecular flexibility index (Phi) is 5.98. The van der Waals surface area contributed by atoms with Crippen molar-refractivity contribution in [2.75, 3.05) is 29.9 Å². The van der Waals surface area contributed by atoms with Crippen molar-refractivity contribution in [3.8, 4) is 17.3 Å². The van der Waals surface area contributed by atoms with Crippen LogP contribution in [0.1, 0.15) is 12.5 Å². The molecule has 1 atom stereocenters. The average molecular weight is 467 g/mol. The molecule has 5 rings (SSSR count). The number of hydrogen-bond acceptors (Lipinski definition) is 5. The smallest absolute Gasteiger partial charge is 0.321 e. The molecule has 1 aliphatic rings. The predicted octanol–water partition coefficient (Wildman–Crippen LogP) is 5.05. The number of piperazine rings is 1. The summed E-state index contributed by atoms with van der Waals surface area (Å²) >= 11 is 0. The first-order valence-electron chi connectivity index (χ1n) is 11.4. The number of urea groups is 1. The Bertz CT molecular complexity index is 1410. The van der Waals surface area contributed by atoms with Crippen LogP contribution in [0.2, 0.25) is 0 Å². The molecule has 1 aromatic heterocycles. The van der Waals surface area contributed by atoms with Gasteiger partial charge in [0.2, 0.25) is 0 Å². The molecule has 1 fully saturated rings. The van der Waals surface area contributed by atoms with E-state index in [1.54, 1.807) is 29.2 Å². The Morgan fingerprint density at radius 2 is 1.71 bits per heavy atom. The number of rotatable bonds is 3. The molecule has 2 amide bonds. The molecule has 3 aromatic carbocycles. The second-order valence-electron chi connectivity index (χ2n) is 8.53. The number of carbonyl (C=O) groups excluding carboxylic acids is 1. The summed E-state index contributed by atoms with van der Waals surface area (Å²) in [5.74, 6) is 0.438. The van der Waals surface area contributed by atoms with Gasteiger partial charge in [-0.15, -0.1) is 10.2 Å². The number of carbonyl (C=O) groups is 1. The zero-order chi connectivity index (χ0) is 24.4. The first-order chi connectivity index (χ1) is 17.0. The van der Waals surface area contributed by atoms with Crippen molar-refractivity contribution in [3.63, 3.8) is 0 Å². The van der Waals surface area contributed by atoms with Crippen LogP contribution in [0, 0.1) is 17.1 Å². The van der Waals surface area contributed by atoms with E-state index in [1.165, 1.54) is 12.1 Å². The van der Waals surface area contributed by atoms with E-state index in [4.69, 9.17) is 5.26 Å². The molecule has 7 nitrogen and oxygen atoms in total. The largest absolute Gasteiger partial charge is 0.348 e. The predicted molar refractivity (Wildman–Crippen MR) is 133 cm³/mol. The first kappa shape index (κ1) is 22.3. The zero-order valence-corrected chi connectivity index (χ0v) is 19.1. The molecule has 2 heterocycles. The number of nitrogens with zero attached hydrogens (tertiary/aromatic N) is 5. The van der Waals surface area contributed by atoms with Crippen LogP contribution in [0.4, 0.5) is 20.7 Å². The van der Waals surface area contributed by atoms with E-state index in [-0.39, 0.29) is 17.9 Å². The number of benzene rings is 3. The van der Waals surface area contributed by atoms with Crippen LogP contribution in [0.3, 0.4) is 0 Å². The standard InChI is InChI=1S/C27H23FN6O/c1-18-17-33(27(35)30-22-12-10-21(28)11-13-22)14-15-34(18)26-24-5-3-2-4-23(24)25(31-32-26)20-8-6-19(16-29)7-9-20/h2-13,18H,14-15,17H2,1H3,(H,30,35). The molecule has 0 radical (unpaired) electrons. The molecule has 0 saturated carbocycles. The third-order valence-electron chi connectivity index (χ3n) is 6.24. The quantitative estimate of drug-likeness (QED) is 0.457. The van der Waals surface area contributed by atoms with E-state index in [9.17, 15) is 9.18 Å². The fourth-order valence-electron chi connectivity index (χ4n) is 4.41. The van der Waals surface area contributed by atoms with E-state index in [2.05, 4.69) is 33.4 Å². The fourth-order valence-corrected chi connectivity index (χ4v) is 4.41. The molecule has 0 spiro atoms. The van der Waals surface area contributed by atoms with Crippen LogP contribution in [0.5, 0.6) is 0 Å². The number of halogens is 1. The van der Waals surface area contributed by atoms with Gasteiger partial charge in [0.05, 0.1) is 11.6 Å². The summed E-state index contributed by atoms with van der Waals surface area (Å²) < 4.78 is 13.1. The molecular weight excluding hydrogens is 443 g/mol. The van der Waals surface area contributed by atoms with Crippen molar-refractivity contribution in [3.05, 3.63) is 84.2 Å². The monoisotopic (exact) mass is 466 g/mol. The highest BCUT2D eigenvalue weighted by atomic mass is 19.1.